The number of anilines is 1. The standard InChI is InChI=1S/C21H26N2O7/c1-3-7-22-12-14-5-6-15(10-16(14)20(22)26)23-8-4-9-29-17(11-18(23)25)19(21(27)28)30-13(2)24/h5-6,10,17,19H,3-4,7-9,11-12H2,1-2H3,(H,27,28)/t17-,19+/m0/s1. The number of aliphatic carboxylic acids is 1. The van der Waals surface area contributed by atoms with E-state index in [-0.39, 0.29) is 24.8 Å². The van der Waals surface area contributed by atoms with E-state index in [0.29, 0.717) is 37.3 Å². The average molecular weight is 418 g/mol. The Kier molecular flexibility index (Phi) is 6.71. The number of esters is 1. The van der Waals surface area contributed by atoms with Crippen LogP contribution in [-0.2, 0) is 30.4 Å². The van der Waals surface area contributed by atoms with Crippen molar-refractivity contribution in [3.63, 3.8) is 0 Å². The highest BCUT2D eigenvalue weighted by Gasteiger charge is 2.36. The zero-order valence-electron chi connectivity index (χ0n) is 17.1. The number of carbonyl (C=O) groups is 4. The van der Waals surface area contributed by atoms with Crippen molar-refractivity contribution in [1.82, 2.24) is 4.90 Å². The highest BCUT2D eigenvalue weighted by molar-refractivity contribution is 6.01. The van der Waals surface area contributed by atoms with E-state index in [1.165, 1.54) is 4.90 Å². The van der Waals surface area contributed by atoms with Crippen molar-refractivity contribution >= 4 is 29.4 Å². The highest BCUT2D eigenvalue weighted by atomic mass is 16.6. The fourth-order valence-electron chi connectivity index (χ4n) is 3.82. The summed E-state index contributed by atoms with van der Waals surface area (Å²) in [6.07, 6.45) is -1.56. The SMILES string of the molecule is CCCN1Cc2ccc(N3CCCO[C@H]([C@@H](OC(C)=O)C(=O)O)CC3=O)cc2C1=O. The van der Waals surface area contributed by atoms with Crippen LogP contribution in [0, 0.1) is 0 Å². The van der Waals surface area contributed by atoms with Crippen LogP contribution in [0.3, 0.4) is 0 Å². The van der Waals surface area contributed by atoms with Gasteiger partial charge in [0.25, 0.3) is 5.91 Å². The molecule has 1 N–H and O–H groups in total. The summed E-state index contributed by atoms with van der Waals surface area (Å²) in [5.74, 6) is -2.52. The van der Waals surface area contributed by atoms with Crippen LogP contribution in [0.15, 0.2) is 18.2 Å². The van der Waals surface area contributed by atoms with E-state index in [1.54, 1.807) is 17.0 Å². The molecule has 2 aliphatic rings. The van der Waals surface area contributed by atoms with Crippen molar-refractivity contribution in [3.8, 4) is 0 Å². The van der Waals surface area contributed by atoms with Gasteiger partial charge in [0.1, 0.15) is 6.10 Å². The number of nitrogens with zero attached hydrogens (tertiary/aromatic N) is 2. The lowest BCUT2D eigenvalue weighted by Crippen LogP contribution is -2.46. The van der Waals surface area contributed by atoms with Crippen molar-refractivity contribution in [2.75, 3.05) is 24.6 Å². The second kappa shape index (κ2) is 9.25. The molecule has 1 aromatic carbocycles. The third-order valence-corrected chi connectivity index (χ3v) is 5.19. The molecule has 0 spiro atoms. The summed E-state index contributed by atoms with van der Waals surface area (Å²) in [4.78, 5) is 51.7. The van der Waals surface area contributed by atoms with Crippen LogP contribution in [0.5, 0.6) is 0 Å². The first-order chi connectivity index (χ1) is 14.3. The Morgan fingerprint density at radius 3 is 2.77 bits per heavy atom. The predicted molar refractivity (Wildman–Crippen MR) is 106 cm³/mol. The number of carboxylic acid groups (broad SMARTS) is 1. The molecule has 0 radical (unpaired) electrons. The Hall–Kier alpha value is -2.94. The maximum atomic E-state index is 13.0. The topological polar surface area (TPSA) is 113 Å². The van der Waals surface area contributed by atoms with Gasteiger partial charge in [0.05, 0.1) is 6.42 Å². The van der Waals surface area contributed by atoms with Gasteiger partial charge in [-0.25, -0.2) is 4.79 Å². The molecule has 162 valence electrons. The monoisotopic (exact) mass is 418 g/mol. The smallest absolute Gasteiger partial charge is 0.347 e. The van der Waals surface area contributed by atoms with Gasteiger partial charge in [-0.05, 0) is 30.5 Å². The molecule has 1 fully saturated rings. The Labute approximate surface area is 174 Å². The van der Waals surface area contributed by atoms with Crippen molar-refractivity contribution in [1.29, 1.82) is 0 Å². The molecule has 0 unspecified atom stereocenters. The first-order valence-corrected chi connectivity index (χ1v) is 10.1. The van der Waals surface area contributed by atoms with E-state index in [0.717, 1.165) is 18.9 Å². The summed E-state index contributed by atoms with van der Waals surface area (Å²) >= 11 is 0. The van der Waals surface area contributed by atoms with E-state index in [9.17, 15) is 24.3 Å². The molecular formula is C21H26N2O7. The number of ether oxygens (including phenoxy) is 2. The highest BCUT2D eigenvalue weighted by Crippen LogP contribution is 2.29. The van der Waals surface area contributed by atoms with Gasteiger partial charge in [-0.15, -0.1) is 0 Å². The summed E-state index contributed by atoms with van der Waals surface area (Å²) in [5, 5.41) is 9.38. The maximum Gasteiger partial charge on any atom is 0.347 e. The number of rotatable bonds is 6. The molecule has 0 aliphatic carbocycles. The van der Waals surface area contributed by atoms with E-state index >= 15 is 0 Å². The minimum Gasteiger partial charge on any atom is -0.478 e. The number of fused-ring (bicyclic) bond motifs is 1. The molecule has 2 aliphatic heterocycles. The van der Waals surface area contributed by atoms with E-state index in [2.05, 4.69) is 0 Å². The lowest BCUT2D eigenvalue weighted by Gasteiger charge is -2.30. The number of carbonyl (C=O) groups excluding carboxylic acids is 3. The number of benzene rings is 1. The molecule has 1 aromatic rings. The first kappa shape index (κ1) is 21.8. The fraction of sp³-hybridized carbons (Fsp3) is 0.524. The van der Waals surface area contributed by atoms with Gasteiger partial charge in [0, 0.05) is 44.4 Å². The maximum absolute atomic E-state index is 13.0. The zero-order chi connectivity index (χ0) is 21.8. The molecule has 2 atom stereocenters. The molecule has 2 amide bonds. The largest absolute Gasteiger partial charge is 0.478 e. The van der Waals surface area contributed by atoms with Gasteiger partial charge in [0.15, 0.2) is 0 Å². The summed E-state index contributed by atoms with van der Waals surface area (Å²) in [7, 11) is 0. The van der Waals surface area contributed by atoms with Gasteiger partial charge >= 0.3 is 11.9 Å². The van der Waals surface area contributed by atoms with Crippen LogP contribution >= 0.6 is 0 Å². The van der Waals surface area contributed by atoms with Gasteiger partial charge in [-0.3, -0.25) is 14.4 Å². The number of hydrogen-bond acceptors (Lipinski definition) is 6. The number of hydrogen-bond donors (Lipinski definition) is 1. The molecule has 0 saturated carbocycles. The minimum atomic E-state index is -1.56. The van der Waals surface area contributed by atoms with Crippen LogP contribution in [0.2, 0.25) is 0 Å². The normalized spacial score (nSPS) is 20.4. The number of amides is 2. The molecule has 0 aromatic heterocycles. The van der Waals surface area contributed by atoms with Crippen LogP contribution in [0.4, 0.5) is 5.69 Å². The van der Waals surface area contributed by atoms with Crippen molar-refractivity contribution < 1.29 is 33.8 Å². The third-order valence-electron chi connectivity index (χ3n) is 5.19. The fourth-order valence-corrected chi connectivity index (χ4v) is 3.82. The molecule has 3 rings (SSSR count). The first-order valence-electron chi connectivity index (χ1n) is 10.1. The Morgan fingerprint density at radius 2 is 2.10 bits per heavy atom. The molecule has 30 heavy (non-hydrogen) atoms. The van der Waals surface area contributed by atoms with Crippen LogP contribution in [0.1, 0.15) is 49.0 Å². The summed E-state index contributed by atoms with van der Waals surface area (Å²) in [5.41, 5.74) is 2.11. The van der Waals surface area contributed by atoms with Crippen molar-refractivity contribution in [2.24, 2.45) is 0 Å². The van der Waals surface area contributed by atoms with Gasteiger partial charge < -0.3 is 24.4 Å². The molecule has 0 bridgehead atoms. The predicted octanol–water partition coefficient (Wildman–Crippen LogP) is 1.58. The molecule has 2 heterocycles. The lowest BCUT2D eigenvalue weighted by atomic mass is 10.1. The molecule has 1 saturated heterocycles. The van der Waals surface area contributed by atoms with Crippen LogP contribution in [-0.4, -0.2) is 65.7 Å². The zero-order valence-corrected chi connectivity index (χ0v) is 17.1. The van der Waals surface area contributed by atoms with E-state index in [4.69, 9.17) is 9.47 Å². The minimum absolute atomic E-state index is 0.0461. The van der Waals surface area contributed by atoms with Crippen LogP contribution < -0.4 is 4.90 Å². The van der Waals surface area contributed by atoms with E-state index < -0.39 is 24.1 Å². The molecule has 9 heteroatoms. The number of carboxylic acids is 1. The summed E-state index contributed by atoms with van der Waals surface area (Å²) < 4.78 is 10.4. The quantitative estimate of drug-likeness (QED) is 0.698. The summed E-state index contributed by atoms with van der Waals surface area (Å²) in [6.45, 7) is 4.96. The Balaban J connectivity index is 1.81. The third kappa shape index (κ3) is 4.62. The Morgan fingerprint density at radius 1 is 1.33 bits per heavy atom. The summed E-state index contributed by atoms with van der Waals surface area (Å²) in [6, 6.07) is 5.39. The van der Waals surface area contributed by atoms with E-state index in [1.807, 2.05) is 13.0 Å². The molecule has 9 nitrogen and oxygen atoms in total. The second-order valence-corrected chi connectivity index (χ2v) is 7.45. The van der Waals surface area contributed by atoms with Gasteiger partial charge in [0.2, 0.25) is 12.0 Å². The Bertz CT molecular complexity index is 854. The van der Waals surface area contributed by atoms with Crippen molar-refractivity contribution in [2.45, 2.75) is 51.9 Å². The average Bonchev–Trinajstić information content (AvgIpc) is 2.98. The van der Waals surface area contributed by atoms with Crippen LogP contribution in [0.25, 0.3) is 0 Å². The van der Waals surface area contributed by atoms with Gasteiger partial charge in [-0.1, -0.05) is 13.0 Å². The molecular weight excluding hydrogens is 392 g/mol. The van der Waals surface area contributed by atoms with Gasteiger partial charge in [-0.2, -0.15) is 0 Å². The second-order valence-electron chi connectivity index (χ2n) is 7.45. The lowest BCUT2D eigenvalue weighted by molar-refractivity contribution is -0.174. The van der Waals surface area contributed by atoms with Crippen molar-refractivity contribution in [3.05, 3.63) is 29.3 Å².